The molecule has 0 bridgehead atoms. The van der Waals surface area contributed by atoms with Crippen LogP contribution in [0.25, 0.3) is 5.82 Å². The largest absolute Gasteiger partial charge is 0.390 e. The fourth-order valence-electron chi connectivity index (χ4n) is 1.25. The van der Waals surface area contributed by atoms with Crippen LogP contribution in [0.1, 0.15) is 5.69 Å². The lowest BCUT2D eigenvalue weighted by molar-refractivity contribution is 0.273. The number of nitrogens with zero attached hydrogens (tertiary/aromatic N) is 3. The summed E-state index contributed by atoms with van der Waals surface area (Å²) in [7, 11) is 0. The zero-order chi connectivity index (χ0) is 11.7. The fraction of sp³-hybridized carbons (Fsp3) is 0.111. The third-order valence-corrected chi connectivity index (χ3v) is 2.57. The number of halogens is 3. The van der Waals surface area contributed by atoms with Gasteiger partial charge in [-0.1, -0.05) is 34.8 Å². The molecule has 0 saturated heterocycles. The minimum absolute atomic E-state index is 0.208. The fourth-order valence-corrected chi connectivity index (χ4v) is 1.91. The number of hydrogen-bond acceptors (Lipinski definition) is 3. The van der Waals surface area contributed by atoms with Crippen molar-refractivity contribution in [2.75, 3.05) is 0 Å². The van der Waals surface area contributed by atoms with E-state index in [0.717, 1.165) is 0 Å². The predicted octanol–water partition coefficient (Wildman–Crippen LogP) is 2.72. The van der Waals surface area contributed by atoms with Crippen LogP contribution in [0.15, 0.2) is 18.3 Å². The molecule has 2 rings (SSSR count). The first-order chi connectivity index (χ1) is 7.61. The van der Waals surface area contributed by atoms with Crippen molar-refractivity contribution >= 4 is 34.8 Å². The van der Waals surface area contributed by atoms with Gasteiger partial charge in [0, 0.05) is 12.3 Å². The van der Waals surface area contributed by atoms with Gasteiger partial charge in [-0.05, 0) is 6.07 Å². The van der Waals surface area contributed by atoms with Crippen molar-refractivity contribution in [3.8, 4) is 5.82 Å². The Bertz CT molecular complexity index is 527. The minimum Gasteiger partial charge on any atom is -0.390 e. The molecule has 0 aliphatic carbocycles. The Hall–Kier alpha value is -0.810. The van der Waals surface area contributed by atoms with Crippen LogP contribution in [0.5, 0.6) is 0 Å². The molecule has 0 amide bonds. The molecule has 0 saturated carbocycles. The van der Waals surface area contributed by atoms with Crippen molar-refractivity contribution in [3.05, 3.63) is 39.2 Å². The molecule has 0 fully saturated rings. The van der Waals surface area contributed by atoms with Crippen LogP contribution in [0.3, 0.4) is 0 Å². The van der Waals surface area contributed by atoms with Gasteiger partial charge in [-0.2, -0.15) is 5.10 Å². The highest BCUT2D eigenvalue weighted by Gasteiger charge is 2.12. The summed E-state index contributed by atoms with van der Waals surface area (Å²) in [5, 5.41) is 14.1. The standard InChI is InChI=1S/C9H6Cl3N3O/c10-5-1-7(11)9(13-3-5)15-6(4-16)2-8(12)14-15/h1-3,16H,4H2. The van der Waals surface area contributed by atoms with Gasteiger partial charge in [-0.25, -0.2) is 9.67 Å². The van der Waals surface area contributed by atoms with Gasteiger partial charge < -0.3 is 5.11 Å². The molecule has 2 heterocycles. The molecule has 0 aliphatic heterocycles. The number of aliphatic hydroxyl groups is 1. The van der Waals surface area contributed by atoms with E-state index >= 15 is 0 Å². The number of aromatic nitrogens is 3. The average molecular weight is 279 g/mol. The highest BCUT2D eigenvalue weighted by Crippen LogP contribution is 2.23. The SMILES string of the molecule is OCc1cc(Cl)nn1-c1ncc(Cl)cc1Cl. The zero-order valence-corrected chi connectivity index (χ0v) is 10.1. The molecule has 84 valence electrons. The predicted molar refractivity (Wildman–Crippen MR) is 62.3 cm³/mol. The molecule has 0 spiro atoms. The topological polar surface area (TPSA) is 50.9 Å². The molecule has 0 aliphatic rings. The van der Waals surface area contributed by atoms with Crippen LogP contribution in [0, 0.1) is 0 Å². The Labute approximate surface area is 106 Å². The van der Waals surface area contributed by atoms with E-state index < -0.39 is 0 Å². The summed E-state index contributed by atoms with van der Waals surface area (Å²) in [4.78, 5) is 4.04. The number of aliphatic hydroxyl groups excluding tert-OH is 1. The highest BCUT2D eigenvalue weighted by atomic mass is 35.5. The maximum Gasteiger partial charge on any atom is 0.172 e. The van der Waals surface area contributed by atoms with Crippen LogP contribution >= 0.6 is 34.8 Å². The summed E-state index contributed by atoms with van der Waals surface area (Å²) < 4.78 is 1.38. The lowest BCUT2D eigenvalue weighted by Crippen LogP contribution is -2.04. The molecule has 1 N–H and O–H groups in total. The van der Waals surface area contributed by atoms with Gasteiger partial charge in [0.2, 0.25) is 0 Å². The van der Waals surface area contributed by atoms with Gasteiger partial charge in [0.15, 0.2) is 11.0 Å². The Kier molecular flexibility index (Phi) is 3.35. The molecule has 0 atom stereocenters. The first-order valence-corrected chi connectivity index (χ1v) is 5.42. The summed E-state index contributed by atoms with van der Waals surface area (Å²) >= 11 is 17.4. The molecule has 0 unspecified atom stereocenters. The van der Waals surface area contributed by atoms with Crippen LogP contribution < -0.4 is 0 Å². The van der Waals surface area contributed by atoms with Crippen molar-refractivity contribution in [3.63, 3.8) is 0 Å². The molecule has 0 aromatic carbocycles. The van der Waals surface area contributed by atoms with Crippen molar-refractivity contribution in [2.24, 2.45) is 0 Å². The normalized spacial score (nSPS) is 10.8. The van der Waals surface area contributed by atoms with E-state index in [9.17, 15) is 0 Å². The molecular formula is C9H6Cl3N3O. The smallest absolute Gasteiger partial charge is 0.172 e. The van der Waals surface area contributed by atoms with Crippen molar-refractivity contribution < 1.29 is 5.11 Å². The number of rotatable bonds is 2. The minimum atomic E-state index is -0.208. The Morgan fingerprint density at radius 2 is 2.00 bits per heavy atom. The Morgan fingerprint density at radius 3 is 2.62 bits per heavy atom. The van der Waals surface area contributed by atoms with Gasteiger partial charge in [-0.3, -0.25) is 0 Å². The molecular weight excluding hydrogens is 272 g/mol. The quantitative estimate of drug-likeness (QED) is 0.919. The average Bonchev–Trinajstić information content (AvgIpc) is 2.59. The van der Waals surface area contributed by atoms with E-state index in [1.54, 1.807) is 6.07 Å². The van der Waals surface area contributed by atoms with Crippen LogP contribution in [0.2, 0.25) is 15.2 Å². The van der Waals surface area contributed by atoms with Gasteiger partial charge in [-0.15, -0.1) is 0 Å². The summed E-state index contributed by atoms with van der Waals surface area (Å²) in [6.07, 6.45) is 1.44. The molecule has 7 heteroatoms. The van der Waals surface area contributed by atoms with Crippen molar-refractivity contribution in [1.82, 2.24) is 14.8 Å². The first-order valence-electron chi connectivity index (χ1n) is 4.28. The van der Waals surface area contributed by atoms with Crippen molar-refractivity contribution in [1.29, 1.82) is 0 Å². The van der Waals surface area contributed by atoms with E-state index in [4.69, 9.17) is 39.9 Å². The monoisotopic (exact) mass is 277 g/mol. The van der Waals surface area contributed by atoms with E-state index in [1.165, 1.54) is 16.9 Å². The van der Waals surface area contributed by atoms with E-state index in [1.807, 2.05) is 0 Å². The van der Waals surface area contributed by atoms with Gasteiger partial charge in [0.05, 0.1) is 22.3 Å². The second kappa shape index (κ2) is 4.59. The second-order valence-electron chi connectivity index (χ2n) is 2.99. The summed E-state index contributed by atoms with van der Waals surface area (Å²) in [5.41, 5.74) is 0.502. The lowest BCUT2D eigenvalue weighted by Gasteiger charge is -2.06. The third-order valence-electron chi connectivity index (χ3n) is 1.90. The Morgan fingerprint density at radius 1 is 1.25 bits per heavy atom. The van der Waals surface area contributed by atoms with Crippen molar-refractivity contribution in [2.45, 2.75) is 6.61 Å². The Balaban J connectivity index is 2.57. The third kappa shape index (κ3) is 2.15. The maximum absolute atomic E-state index is 9.12. The first kappa shape index (κ1) is 11.7. The number of pyridine rings is 1. The maximum atomic E-state index is 9.12. The van der Waals surface area contributed by atoms with E-state index in [0.29, 0.717) is 21.6 Å². The zero-order valence-electron chi connectivity index (χ0n) is 7.86. The molecule has 16 heavy (non-hydrogen) atoms. The van der Waals surface area contributed by atoms with Crippen LogP contribution in [-0.4, -0.2) is 19.9 Å². The summed E-state index contributed by atoms with van der Waals surface area (Å²) in [6.45, 7) is -0.208. The molecule has 0 radical (unpaired) electrons. The molecule has 2 aromatic rings. The van der Waals surface area contributed by atoms with Gasteiger partial charge in [0.25, 0.3) is 0 Å². The highest BCUT2D eigenvalue weighted by molar-refractivity contribution is 6.35. The summed E-state index contributed by atoms with van der Waals surface area (Å²) in [6, 6.07) is 3.08. The lowest BCUT2D eigenvalue weighted by atomic mass is 10.4. The van der Waals surface area contributed by atoms with Crippen LogP contribution in [-0.2, 0) is 6.61 Å². The van der Waals surface area contributed by atoms with E-state index in [2.05, 4.69) is 10.1 Å². The van der Waals surface area contributed by atoms with Gasteiger partial charge in [0.1, 0.15) is 0 Å². The molecule has 4 nitrogen and oxygen atoms in total. The second-order valence-corrected chi connectivity index (χ2v) is 4.22. The number of hydrogen-bond donors (Lipinski definition) is 1. The van der Waals surface area contributed by atoms with Gasteiger partial charge >= 0.3 is 0 Å². The van der Waals surface area contributed by atoms with E-state index in [-0.39, 0.29) is 11.8 Å². The van der Waals surface area contributed by atoms with Crippen LogP contribution in [0.4, 0.5) is 0 Å². The summed E-state index contributed by atoms with van der Waals surface area (Å²) in [5.74, 6) is 0.377. The molecule has 2 aromatic heterocycles.